The number of pyridine rings is 1. The Kier molecular flexibility index (Phi) is 2.34. The van der Waals surface area contributed by atoms with E-state index in [4.69, 9.17) is 0 Å². The van der Waals surface area contributed by atoms with Crippen LogP contribution >= 0.6 is 0 Å². The molecule has 3 aromatic rings. The predicted molar refractivity (Wildman–Crippen MR) is 74.3 cm³/mol. The molecule has 0 atom stereocenters. The Bertz CT molecular complexity index is 733. The zero-order valence-electron chi connectivity index (χ0n) is 9.80. The Morgan fingerprint density at radius 2 is 2.28 bits per heavy atom. The lowest BCUT2D eigenvalue weighted by Gasteiger charge is -2.02. The number of fused-ring (bicyclic) bond motifs is 1. The van der Waals surface area contributed by atoms with Gasteiger partial charge in [-0.25, -0.2) is 9.51 Å². The van der Waals surface area contributed by atoms with Crippen LogP contribution in [0.2, 0.25) is 0 Å². The van der Waals surface area contributed by atoms with Crippen molar-refractivity contribution in [2.45, 2.75) is 0 Å². The second kappa shape index (κ2) is 4.00. The molecule has 4 nitrogen and oxygen atoms in total. The first kappa shape index (κ1) is 10.5. The van der Waals surface area contributed by atoms with Crippen LogP contribution in [0.5, 0.6) is 0 Å². The Labute approximate surface area is 104 Å². The Morgan fingerprint density at radius 3 is 3.06 bits per heavy atom. The van der Waals surface area contributed by atoms with E-state index >= 15 is 0 Å². The number of hydrogen-bond acceptors (Lipinski definition) is 2. The van der Waals surface area contributed by atoms with Gasteiger partial charge in [-0.05, 0) is 30.5 Å². The molecule has 0 saturated heterocycles. The minimum atomic E-state index is 0.744. The van der Waals surface area contributed by atoms with Crippen LogP contribution in [0.1, 0.15) is 5.56 Å². The quantitative estimate of drug-likeness (QED) is 0.697. The topological polar surface area (TPSA) is 45.5 Å². The van der Waals surface area contributed by atoms with Crippen LogP contribution in [0.3, 0.4) is 0 Å². The highest BCUT2D eigenvalue weighted by Gasteiger charge is 2.09. The number of hydrogen-bond donors (Lipinski definition) is 1. The zero-order valence-corrected chi connectivity index (χ0v) is 9.80. The summed E-state index contributed by atoms with van der Waals surface area (Å²) in [6.45, 7) is 7.37. The molecule has 0 radical (unpaired) electrons. The molecule has 0 aromatic carbocycles. The Morgan fingerprint density at radius 1 is 1.39 bits per heavy atom. The highest BCUT2D eigenvalue weighted by atomic mass is 15.2. The third-order valence-corrected chi connectivity index (χ3v) is 2.97. The number of aromatic nitrogens is 3. The Hall–Kier alpha value is -2.62. The van der Waals surface area contributed by atoms with Gasteiger partial charge < -0.3 is 4.98 Å². The predicted octanol–water partition coefficient (Wildman–Crippen LogP) is 3.30. The summed E-state index contributed by atoms with van der Waals surface area (Å²) in [4.78, 5) is 7.04. The number of aliphatic imine (C=N–C) groups is 1. The number of rotatable bonds is 3. The second-order valence-electron chi connectivity index (χ2n) is 3.94. The molecule has 0 aliphatic heterocycles. The molecule has 0 aliphatic rings. The number of nitrogens with zero attached hydrogens (tertiary/aromatic N) is 3. The molecule has 88 valence electrons. The van der Waals surface area contributed by atoms with Crippen molar-refractivity contribution in [1.82, 2.24) is 14.6 Å². The van der Waals surface area contributed by atoms with Gasteiger partial charge in [0.2, 0.25) is 0 Å². The van der Waals surface area contributed by atoms with Gasteiger partial charge in [0, 0.05) is 29.7 Å². The molecule has 0 fully saturated rings. The lowest BCUT2D eigenvalue weighted by Crippen LogP contribution is -1.86. The smallest absolute Gasteiger partial charge is 0.137 e. The van der Waals surface area contributed by atoms with Crippen molar-refractivity contribution >= 4 is 24.1 Å². The minimum Gasteiger partial charge on any atom is -0.346 e. The van der Waals surface area contributed by atoms with Gasteiger partial charge >= 0.3 is 0 Å². The fourth-order valence-corrected chi connectivity index (χ4v) is 2.09. The van der Waals surface area contributed by atoms with E-state index in [-0.39, 0.29) is 0 Å². The monoisotopic (exact) mass is 236 g/mol. The fraction of sp³-hybridized carbons (Fsp3) is 0. The summed E-state index contributed by atoms with van der Waals surface area (Å²) in [5, 5.41) is 4.18. The van der Waals surface area contributed by atoms with Gasteiger partial charge in [-0.2, -0.15) is 5.10 Å². The lowest BCUT2D eigenvalue weighted by molar-refractivity contribution is 0.962. The van der Waals surface area contributed by atoms with Crippen molar-refractivity contribution in [3.63, 3.8) is 0 Å². The maximum Gasteiger partial charge on any atom is 0.137 e. The molecule has 0 spiro atoms. The summed E-state index contributed by atoms with van der Waals surface area (Å²) in [6, 6.07) is 6.06. The van der Waals surface area contributed by atoms with Crippen molar-refractivity contribution in [3.8, 4) is 11.1 Å². The molecule has 0 unspecified atom stereocenters. The summed E-state index contributed by atoms with van der Waals surface area (Å²) < 4.78 is 1.83. The number of aromatic amines is 1. The molecular formula is C14H12N4. The average Bonchev–Trinajstić information content (AvgIpc) is 3.03. The van der Waals surface area contributed by atoms with E-state index in [0.717, 1.165) is 28.0 Å². The highest BCUT2D eigenvalue weighted by molar-refractivity contribution is 5.82. The third-order valence-electron chi connectivity index (χ3n) is 2.97. The molecule has 3 rings (SSSR count). The molecule has 0 amide bonds. The first-order chi connectivity index (χ1) is 8.83. The van der Waals surface area contributed by atoms with E-state index in [2.05, 4.69) is 34.4 Å². The number of nitrogens with one attached hydrogen (secondary N) is 1. The van der Waals surface area contributed by atoms with Crippen LogP contribution in [0.4, 0.5) is 5.82 Å². The molecule has 0 bridgehead atoms. The van der Waals surface area contributed by atoms with Gasteiger partial charge in [-0.3, -0.25) is 0 Å². The molecule has 4 heteroatoms. The molecule has 0 saturated carbocycles. The van der Waals surface area contributed by atoms with E-state index in [0.29, 0.717) is 0 Å². The molecule has 1 N–H and O–H groups in total. The van der Waals surface area contributed by atoms with Crippen molar-refractivity contribution in [2.75, 3.05) is 0 Å². The van der Waals surface area contributed by atoms with Crippen LogP contribution in [0, 0.1) is 0 Å². The van der Waals surface area contributed by atoms with Crippen LogP contribution in [-0.2, 0) is 0 Å². The molecule has 3 heterocycles. The zero-order chi connectivity index (χ0) is 12.5. The van der Waals surface area contributed by atoms with Crippen molar-refractivity contribution < 1.29 is 0 Å². The maximum atomic E-state index is 4.18. The van der Waals surface area contributed by atoms with Crippen LogP contribution in [0.15, 0.2) is 48.4 Å². The van der Waals surface area contributed by atoms with E-state index in [1.165, 1.54) is 0 Å². The summed E-state index contributed by atoms with van der Waals surface area (Å²) >= 11 is 0. The van der Waals surface area contributed by atoms with E-state index in [1.54, 1.807) is 12.3 Å². The first-order valence-electron chi connectivity index (χ1n) is 5.58. The molecular weight excluding hydrogens is 224 g/mol. The second-order valence-corrected chi connectivity index (χ2v) is 3.94. The van der Waals surface area contributed by atoms with Crippen LogP contribution < -0.4 is 0 Å². The SMILES string of the molecule is C=Cc1c(-c2ccn3nccc3c2)c[nH]c1N=C. The highest BCUT2D eigenvalue weighted by Crippen LogP contribution is 2.31. The average molecular weight is 236 g/mol. The molecule has 0 aliphatic carbocycles. The summed E-state index contributed by atoms with van der Waals surface area (Å²) in [7, 11) is 0. The normalized spacial score (nSPS) is 10.7. The maximum absolute atomic E-state index is 4.18. The molecule has 3 aromatic heterocycles. The van der Waals surface area contributed by atoms with E-state index < -0.39 is 0 Å². The first-order valence-corrected chi connectivity index (χ1v) is 5.58. The van der Waals surface area contributed by atoms with Gasteiger partial charge in [0.1, 0.15) is 5.82 Å². The third kappa shape index (κ3) is 1.47. The lowest BCUT2D eigenvalue weighted by atomic mass is 10.1. The van der Waals surface area contributed by atoms with Crippen molar-refractivity contribution in [2.24, 2.45) is 4.99 Å². The number of H-pyrrole nitrogens is 1. The van der Waals surface area contributed by atoms with Gasteiger partial charge in [-0.15, -0.1) is 0 Å². The van der Waals surface area contributed by atoms with Crippen LogP contribution in [0.25, 0.3) is 22.7 Å². The van der Waals surface area contributed by atoms with E-state index in [9.17, 15) is 0 Å². The van der Waals surface area contributed by atoms with Gasteiger partial charge in [0.25, 0.3) is 0 Å². The van der Waals surface area contributed by atoms with Gasteiger partial charge in [0.05, 0.1) is 5.52 Å². The van der Waals surface area contributed by atoms with Gasteiger partial charge in [-0.1, -0.05) is 12.7 Å². The summed E-state index contributed by atoms with van der Waals surface area (Å²) in [5.74, 6) is 0.744. The summed E-state index contributed by atoms with van der Waals surface area (Å²) in [5.41, 5.74) is 4.19. The minimum absolute atomic E-state index is 0.744. The van der Waals surface area contributed by atoms with Crippen molar-refractivity contribution in [3.05, 3.63) is 48.9 Å². The fourth-order valence-electron chi connectivity index (χ4n) is 2.09. The van der Waals surface area contributed by atoms with E-state index in [1.807, 2.05) is 29.0 Å². The summed E-state index contributed by atoms with van der Waals surface area (Å²) in [6.07, 6.45) is 7.42. The Balaban J connectivity index is 2.21. The largest absolute Gasteiger partial charge is 0.346 e. The van der Waals surface area contributed by atoms with Crippen LogP contribution in [-0.4, -0.2) is 21.3 Å². The van der Waals surface area contributed by atoms with Gasteiger partial charge in [0.15, 0.2) is 0 Å². The standard InChI is InChI=1S/C14H12N4/c1-3-12-13(9-16-14(12)15-2)10-5-7-18-11(8-10)4-6-17-18/h3-9,16H,1-2H2. The van der Waals surface area contributed by atoms with Crippen molar-refractivity contribution in [1.29, 1.82) is 0 Å². The molecule has 18 heavy (non-hydrogen) atoms.